The highest BCUT2D eigenvalue weighted by Crippen LogP contribution is 2.33. The van der Waals surface area contributed by atoms with Crippen LogP contribution in [0.2, 0.25) is 0 Å². The number of aryl methyl sites for hydroxylation is 1. The maximum atomic E-state index is 12.8. The number of nitrogens with one attached hydrogen (secondary N) is 1. The Balaban J connectivity index is 1.70. The van der Waals surface area contributed by atoms with Crippen molar-refractivity contribution < 1.29 is 13.2 Å². The first-order chi connectivity index (χ1) is 13.3. The van der Waals surface area contributed by atoms with Gasteiger partial charge >= 0.3 is 6.18 Å². The van der Waals surface area contributed by atoms with Crippen LogP contribution in [0.1, 0.15) is 18.4 Å². The summed E-state index contributed by atoms with van der Waals surface area (Å²) in [5, 5.41) is 12.9. The van der Waals surface area contributed by atoms with Crippen molar-refractivity contribution in [2.75, 3.05) is 25.5 Å². The van der Waals surface area contributed by atoms with Crippen LogP contribution in [0.25, 0.3) is 22.3 Å². The highest BCUT2D eigenvalue weighted by molar-refractivity contribution is 5.98. The molecule has 4 heterocycles. The first-order valence-corrected chi connectivity index (χ1v) is 9.13. The summed E-state index contributed by atoms with van der Waals surface area (Å²) in [5.41, 5.74) is 0.907. The molecule has 148 valence electrons. The number of alkyl halides is 3. The van der Waals surface area contributed by atoms with Crippen molar-refractivity contribution in [2.45, 2.75) is 25.1 Å². The number of halogens is 3. The number of likely N-dealkylation sites (N-methyl/N-ethyl adjacent to an activating group) is 1. The smallest absolute Gasteiger partial charge is 0.363 e. The number of piperidine rings is 1. The summed E-state index contributed by atoms with van der Waals surface area (Å²) in [7, 11) is 4.00. The van der Waals surface area contributed by atoms with Crippen LogP contribution in [0, 0.1) is 0 Å². The predicted molar refractivity (Wildman–Crippen MR) is 101 cm³/mol. The van der Waals surface area contributed by atoms with E-state index in [1.54, 1.807) is 0 Å². The number of hydrogen-bond acceptors (Lipinski definition) is 5. The molecule has 4 rings (SSSR count). The molecule has 3 aromatic heterocycles. The molecule has 1 saturated heterocycles. The van der Waals surface area contributed by atoms with E-state index in [-0.39, 0.29) is 6.04 Å². The second-order valence-corrected chi connectivity index (χ2v) is 7.26. The second kappa shape index (κ2) is 7.05. The minimum atomic E-state index is -4.42. The van der Waals surface area contributed by atoms with Gasteiger partial charge in [0.25, 0.3) is 0 Å². The molecule has 0 radical (unpaired) electrons. The molecule has 0 saturated carbocycles. The van der Waals surface area contributed by atoms with Gasteiger partial charge in [-0.25, -0.2) is 0 Å². The molecule has 9 heteroatoms. The maximum absolute atomic E-state index is 12.8. The Morgan fingerprint density at radius 3 is 2.64 bits per heavy atom. The third-order valence-electron chi connectivity index (χ3n) is 5.10. The van der Waals surface area contributed by atoms with E-state index in [9.17, 15) is 13.2 Å². The van der Waals surface area contributed by atoms with E-state index in [1.807, 2.05) is 23.9 Å². The van der Waals surface area contributed by atoms with Crippen LogP contribution in [-0.2, 0) is 13.2 Å². The van der Waals surface area contributed by atoms with Crippen LogP contribution in [0.15, 0.2) is 30.6 Å². The summed E-state index contributed by atoms with van der Waals surface area (Å²) in [5.74, 6) is 0.679. The number of aromatic nitrogens is 4. The zero-order chi connectivity index (χ0) is 19.9. The van der Waals surface area contributed by atoms with Gasteiger partial charge in [0.2, 0.25) is 0 Å². The van der Waals surface area contributed by atoms with Crippen molar-refractivity contribution in [3.63, 3.8) is 0 Å². The van der Waals surface area contributed by atoms with E-state index >= 15 is 0 Å². The number of fused-ring (bicyclic) bond motifs is 1. The number of likely N-dealkylation sites (tertiary alicyclic amines) is 1. The zero-order valence-corrected chi connectivity index (χ0v) is 15.7. The molecule has 3 aromatic rings. The fraction of sp³-hybridized carbons (Fsp3) is 0.421. The lowest BCUT2D eigenvalue weighted by Gasteiger charge is -2.30. The number of hydrogen-bond donors (Lipinski definition) is 1. The predicted octanol–water partition coefficient (Wildman–Crippen LogP) is 3.56. The van der Waals surface area contributed by atoms with E-state index in [4.69, 9.17) is 0 Å². The molecule has 0 aromatic carbocycles. The topological polar surface area (TPSA) is 58.9 Å². The molecule has 6 nitrogen and oxygen atoms in total. The zero-order valence-electron chi connectivity index (χ0n) is 15.7. The lowest BCUT2D eigenvalue weighted by molar-refractivity contribution is -0.137. The number of anilines is 1. The van der Waals surface area contributed by atoms with Crippen LogP contribution in [0.4, 0.5) is 19.0 Å². The van der Waals surface area contributed by atoms with Crippen LogP contribution >= 0.6 is 0 Å². The summed E-state index contributed by atoms with van der Waals surface area (Å²) in [4.78, 5) is 6.25. The monoisotopic (exact) mass is 390 g/mol. The van der Waals surface area contributed by atoms with Crippen molar-refractivity contribution in [1.29, 1.82) is 0 Å². The lowest BCUT2D eigenvalue weighted by atomic mass is 10.1. The summed E-state index contributed by atoms with van der Waals surface area (Å²) < 4.78 is 40.3. The van der Waals surface area contributed by atoms with Crippen molar-refractivity contribution in [2.24, 2.45) is 7.05 Å². The number of rotatable bonds is 3. The van der Waals surface area contributed by atoms with E-state index in [0.29, 0.717) is 17.2 Å². The van der Waals surface area contributed by atoms with Gasteiger partial charge in [-0.15, -0.1) is 10.2 Å². The van der Waals surface area contributed by atoms with E-state index in [0.717, 1.165) is 49.1 Å². The van der Waals surface area contributed by atoms with Gasteiger partial charge < -0.3 is 14.8 Å². The highest BCUT2D eigenvalue weighted by Gasteiger charge is 2.31. The molecule has 1 N–H and O–H groups in total. The number of pyridine rings is 1. The van der Waals surface area contributed by atoms with Gasteiger partial charge in [0, 0.05) is 37.4 Å². The minimum absolute atomic E-state index is 0.279. The summed E-state index contributed by atoms with van der Waals surface area (Å²) in [6.07, 6.45) is 0.474. The fourth-order valence-electron chi connectivity index (χ4n) is 3.68. The molecule has 0 amide bonds. The molecule has 1 atom stereocenters. The molecule has 0 aliphatic carbocycles. The van der Waals surface area contributed by atoms with Crippen LogP contribution in [0.3, 0.4) is 0 Å². The average Bonchev–Trinajstić information content (AvgIpc) is 3.04. The van der Waals surface area contributed by atoms with Crippen LogP contribution < -0.4 is 5.32 Å². The average molecular weight is 390 g/mol. The Hall–Kier alpha value is -2.68. The second-order valence-electron chi connectivity index (χ2n) is 7.26. The third kappa shape index (κ3) is 3.54. The van der Waals surface area contributed by atoms with Crippen molar-refractivity contribution in [1.82, 2.24) is 24.6 Å². The largest absolute Gasteiger partial charge is 0.417 e. The lowest BCUT2D eigenvalue weighted by Crippen LogP contribution is -2.40. The SMILES string of the molecule is CN1CCC[C@@H](Nc2nnc(-c3ccc(C(F)(F)F)cn3)c3ccn(C)c23)C1. The fourth-order valence-corrected chi connectivity index (χ4v) is 3.68. The highest BCUT2D eigenvalue weighted by atomic mass is 19.4. The summed E-state index contributed by atoms with van der Waals surface area (Å²) >= 11 is 0. The van der Waals surface area contributed by atoms with Crippen molar-refractivity contribution >= 4 is 16.7 Å². The first kappa shape index (κ1) is 18.7. The van der Waals surface area contributed by atoms with Gasteiger partial charge in [-0.2, -0.15) is 13.2 Å². The van der Waals surface area contributed by atoms with Gasteiger partial charge in [0.05, 0.1) is 16.8 Å². The number of nitrogens with zero attached hydrogens (tertiary/aromatic N) is 5. The molecular weight excluding hydrogens is 369 g/mol. The van der Waals surface area contributed by atoms with E-state index < -0.39 is 11.7 Å². The Kier molecular flexibility index (Phi) is 4.70. The summed E-state index contributed by atoms with van der Waals surface area (Å²) in [6, 6.07) is 4.52. The van der Waals surface area contributed by atoms with Crippen molar-refractivity contribution in [3.05, 3.63) is 36.2 Å². The molecule has 0 spiro atoms. The quantitative estimate of drug-likeness (QED) is 0.741. The molecular formula is C19H21F3N6. The normalized spacial score (nSPS) is 18.5. The standard InChI is InChI=1S/C19H21F3N6/c1-27-8-3-4-13(11-27)24-18-17-14(7-9-28(17)2)16(25-26-18)15-6-5-12(10-23-15)19(20,21)22/h5-7,9-10,13H,3-4,8,11H2,1-2H3,(H,24,26)/t13-/m1/s1. The van der Waals surface area contributed by atoms with Gasteiger partial charge in [-0.05, 0) is 44.6 Å². The molecule has 0 unspecified atom stereocenters. The Labute approximate surface area is 160 Å². The third-order valence-corrected chi connectivity index (χ3v) is 5.10. The Bertz CT molecular complexity index is 980. The van der Waals surface area contributed by atoms with Crippen LogP contribution in [0.5, 0.6) is 0 Å². The molecule has 1 fully saturated rings. The minimum Gasteiger partial charge on any atom is -0.363 e. The maximum Gasteiger partial charge on any atom is 0.417 e. The molecule has 28 heavy (non-hydrogen) atoms. The van der Waals surface area contributed by atoms with Gasteiger partial charge in [-0.3, -0.25) is 4.98 Å². The first-order valence-electron chi connectivity index (χ1n) is 9.13. The summed E-state index contributed by atoms with van der Waals surface area (Å²) in [6.45, 7) is 2.01. The van der Waals surface area contributed by atoms with Gasteiger partial charge in [0.15, 0.2) is 5.82 Å². The Morgan fingerprint density at radius 1 is 1.14 bits per heavy atom. The molecule has 0 bridgehead atoms. The van der Waals surface area contributed by atoms with Gasteiger partial charge in [0.1, 0.15) is 5.69 Å². The van der Waals surface area contributed by atoms with Crippen molar-refractivity contribution in [3.8, 4) is 11.4 Å². The van der Waals surface area contributed by atoms with Crippen LogP contribution in [-0.4, -0.2) is 50.8 Å². The van der Waals surface area contributed by atoms with Gasteiger partial charge in [-0.1, -0.05) is 0 Å². The van der Waals surface area contributed by atoms with E-state index in [1.165, 1.54) is 6.07 Å². The Morgan fingerprint density at radius 2 is 1.96 bits per heavy atom. The van der Waals surface area contributed by atoms with E-state index in [2.05, 4.69) is 32.4 Å². The molecule has 1 aliphatic rings. The molecule has 1 aliphatic heterocycles.